The van der Waals surface area contributed by atoms with E-state index in [9.17, 15) is 4.39 Å². The van der Waals surface area contributed by atoms with Crippen molar-refractivity contribution in [1.82, 2.24) is 5.32 Å². The van der Waals surface area contributed by atoms with E-state index < -0.39 is 0 Å². The average Bonchev–Trinajstić information content (AvgIpc) is 2.49. The molecule has 5 heteroatoms. The summed E-state index contributed by atoms with van der Waals surface area (Å²) in [5.41, 5.74) is 1.13. The van der Waals surface area contributed by atoms with Gasteiger partial charge in [0.15, 0.2) is 0 Å². The molecule has 21 heavy (non-hydrogen) atoms. The third kappa shape index (κ3) is 3.92. The Morgan fingerprint density at radius 1 is 1.38 bits per heavy atom. The molecule has 0 aliphatic carbocycles. The maximum Gasteiger partial charge on any atom is 0.141 e. The Morgan fingerprint density at radius 2 is 2.19 bits per heavy atom. The number of hydrogen-bond donors (Lipinski definition) is 1. The lowest BCUT2D eigenvalue weighted by Crippen LogP contribution is -2.48. The van der Waals surface area contributed by atoms with Crippen molar-refractivity contribution < 1.29 is 9.13 Å². The maximum absolute atomic E-state index is 13.2. The highest BCUT2D eigenvalue weighted by atomic mass is 35.5. The summed E-state index contributed by atoms with van der Waals surface area (Å²) in [6.07, 6.45) is 4.46. The molecule has 1 spiro atoms. The van der Waals surface area contributed by atoms with Crippen molar-refractivity contribution in [2.24, 2.45) is 0 Å². The van der Waals surface area contributed by atoms with Gasteiger partial charge in [0.2, 0.25) is 0 Å². The van der Waals surface area contributed by atoms with Crippen LogP contribution in [0, 0.1) is 5.82 Å². The number of ether oxygens (including phenoxy) is 1. The fourth-order valence-corrected chi connectivity index (χ4v) is 4.65. The summed E-state index contributed by atoms with van der Waals surface area (Å²) in [5.74, 6) is 2.06. The van der Waals surface area contributed by atoms with Crippen molar-refractivity contribution in [3.63, 3.8) is 0 Å². The van der Waals surface area contributed by atoms with Crippen molar-refractivity contribution in [1.29, 1.82) is 0 Å². The van der Waals surface area contributed by atoms with Crippen LogP contribution in [0.4, 0.5) is 4.39 Å². The van der Waals surface area contributed by atoms with E-state index in [4.69, 9.17) is 16.3 Å². The van der Waals surface area contributed by atoms with Crippen LogP contribution in [0.1, 0.15) is 31.2 Å². The molecule has 2 nitrogen and oxygen atoms in total. The van der Waals surface area contributed by atoms with Gasteiger partial charge < -0.3 is 10.1 Å². The van der Waals surface area contributed by atoms with Crippen molar-refractivity contribution in [3.8, 4) is 0 Å². The third-order valence-electron chi connectivity index (χ3n) is 4.48. The predicted octanol–water partition coefficient (Wildman–Crippen LogP) is 4.01. The van der Waals surface area contributed by atoms with Crippen molar-refractivity contribution in [2.45, 2.75) is 43.9 Å². The third-order valence-corrected chi connectivity index (χ3v) is 5.75. The van der Waals surface area contributed by atoms with Gasteiger partial charge in [-0.25, -0.2) is 4.39 Å². The van der Waals surface area contributed by atoms with Crippen LogP contribution in [-0.4, -0.2) is 29.8 Å². The lowest BCUT2D eigenvalue weighted by Gasteiger charge is -2.43. The average molecular weight is 330 g/mol. The second-order valence-corrected chi connectivity index (χ2v) is 7.59. The molecule has 1 aromatic carbocycles. The van der Waals surface area contributed by atoms with Crippen LogP contribution in [0.25, 0.3) is 0 Å². The molecule has 0 aromatic heterocycles. The van der Waals surface area contributed by atoms with Crippen LogP contribution in [0.5, 0.6) is 0 Å². The molecule has 2 saturated heterocycles. The van der Waals surface area contributed by atoms with Gasteiger partial charge >= 0.3 is 0 Å². The summed E-state index contributed by atoms with van der Waals surface area (Å²) < 4.78 is 19.3. The second kappa shape index (κ2) is 6.86. The first-order valence-electron chi connectivity index (χ1n) is 7.56. The first-order chi connectivity index (χ1) is 10.2. The number of halogens is 2. The molecule has 3 rings (SSSR count). The van der Waals surface area contributed by atoms with Crippen LogP contribution in [0.15, 0.2) is 18.2 Å². The van der Waals surface area contributed by atoms with E-state index in [1.54, 1.807) is 12.1 Å². The number of nitrogens with one attached hydrogen (secondary N) is 1. The fraction of sp³-hybridized carbons (Fsp3) is 0.625. The summed E-state index contributed by atoms with van der Waals surface area (Å²) in [7, 11) is 0. The van der Waals surface area contributed by atoms with Crippen LogP contribution >= 0.6 is 23.4 Å². The lowest BCUT2D eigenvalue weighted by atomic mass is 9.85. The monoisotopic (exact) mass is 329 g/mol. The first kappa shape index (κ1) is 15.6. The Balaban J connectivity index is 1.56. The minimum absolute atomic E-state index is 0.0988. The molecule has 116 valence electrons. The Bertz CT molecular complexity index is 488. The van der Waals surface area contributed by atoms with Gasteiger partial charge in [0, 0.05) is 19.2 Å². The zero-order valence-electron chi connectivity index (χ0n) is 12.0. The first-order valence-corrected chi connectivity index (χ1v) is 9.09. The number of thioether (sulfide) groups is 1. The smallest absolute Gasteiger partial charge is 0.141 e. The van der Waals surface area contributed by atoms with Crippen LogP contribution in [0.3, 0.4) is 0 Å². The van der Waals surface area contributed by atoms with Crippen LogP contribution in [-0.2, 0) is 11.3 Å². The highest BCUT2D eigenvalue weighted by Crippen LogP contribution is 2.37. The molecule has 0 bridgehead atoms. The second-order valence-electron chi connectivity index (χ2n) is 5.96. The van der Waals surface area contributed by atoms with Gasteiger partial charge in [0.1, 0.15) is 5.82 Å². The summed E-state index contributed by atoms with van der Waals surface area (Å²) in [4.78, 5) is 0. The van der Waals surface area contributed by atoms with Gasteiger partial charge in [-0.05, 0) is 54.9 Å². The molecule has 2 aliphatic heterocycles. The Labute approximate surface area is 134 Å². The van der Waals surface area contributed by atoms with E-state index in [1.807, 2.05) is 11.8 Å². The molecule has 1 N–H and O–H groups in total. The number of benzene rings is 1. The van der Waals surface area contributed by atoms with Crippen LogP contribution in [0.2, 0.25) is 5.02 Å². The molecule has 2 fully saturated rings. The van der Waals surface area contributed by atoms with Gasteiger partial charge in [0.05, 0.1) is 10.6 Å². The summed E-state index contributed by atoms with van der Waals surface area (Å²) >= 11 is 7.85. The minimum Gasteiger partial charge on any atom is -0.375 e. The van der Waals surface area contributed by atoms with Gasteiger partial charge in [0.25, 0.3) is 0 Å². The molecule has 1 aromatic rings. The van der Waals surface area contributed by atoms with Crippen LogP contribution < -0.4 is 5.32 Å². The normalized spacial score (nSPS) is 25.1. The predicted molar refractivity (Wildman–Crippen MR) is 86.5 cm³/mol. The Kier molecular flexibility index (Phi) is 5.10. The molecule has 0 saturated carbocycles. The van der Waals surface area contributed by atoms with Gasteiger partial charge in [-0.15, -0.1) is 0 Å². The topological polar surface area (TPSA) is 21.3 Å². The largest absolute Gasteiger partial charge is 0.375 e. The van der Waals surface area contributed by atoms with E-state index in [2.05, 4.69) is 5.32 Å². The van der Waals surface area contributed by atoms with Gasteiger partial charge in [-0.2, -0.15) is 11.8 Å². The number of rotatable bonds is 3. The van der Waals surface area contributed by atoms with Gasteiger partial charge in [-0.1, -0.05) is 17.7 Å². The summed E-state index contributed by atoms with van der Waals surface area (Å²) in [6.45, 7) is 1.57. The molecule has 2 heterocycles. The van der Waals surface area contributed by atoms with E-state index in [1.165, 1.54) is 17.6 Å². The van der Waals surface area contributed by atoms with E-state index in [0.717, 1.165) is 44.4 Å². The highest BCUT2D eigenvalue weighted by Gasteiger charge is 2.38. The zero-order chi connectivity index (χ0) is 14.7. The quantitative estimate of drug-likeness (QED) is 0.905. The molecular weight excluding hydrogens is 309 g/mol. The van der Waals surface area contributed by atoms with Gasteiger partial charge in [-0.3, -0.25) is 0 Å². The Morgan fingerprint density at radius 3 is 2.95 bits per heavy atom. The summed E-state index contributed by atoms with van der Waals surface area (Å²) in [5, 5.41) is 3.78. The van der Waals surface area contributed by atoms with Crippen molar-refractivity contribution in [3.05, 3.63) is 34.6 Å². The van der Waals surface area contributed by atoms with E-state index in [-0.39, 0.29) is 16.4 Å². The molecular formula is C16H21ClFNOS. The summed E-state index contributed by atoms with van der Waals surface area (Å²) in [6, 6.07) is 5.41. The van der Waals surface area contributed by atoms with Crippen molar-refractivity contribution in [2.75, 3.05) is 18.1 Å². The SMILES string of the molecule is Fc1ccc(CNC2CCOC3(CCSCC3)C2)cc1Cl. The standard InChI is InChI=1S/C16H21ClFNOS/c17-14-9-12(1-2-15(14)18)11-19-13-3-6-20-16(10-13)4-7-21-8-5-16/h1-2,9,13,19H,3-8,10-11H2. The maximum atomic E-state index is 13.2. The number of hydrogen-bond acceptors (Lipinski definition) is 3. The highest BCUT2D eigenvalue weighted by molar-refractivity contribution is 7.99. The molecule has 2 aliphatic rings. The van der Waals surface area contributed by atoms with Crippen molar-refractivity contribution >= 4 is 23.4 Å². The van der Waals surface area contributed by atoms with E-state index in [0.29, 0.717) is 6.04 Å². The zero-order valence-corrected chi connectivity index (χ0v) is 13.6. The molecule has 0 radical (unpaired) electrons. The molecule has 0 amide bonds. The lowest BCUT2D eigenvalue weighted by molar-refractivity contribution is -0.0933. The van der Waals surface area contributed by atoms with E-state index >= 15 is 0 Å². The molecule has 1 atom stereocenters. The minimum atomic E-state index is -0.356. The molecule has 1 unspecified atom stereocenters. The Hall–Kier alpha value is -0.290. The fourth-order valence-electron chi connectivity index (χ4n) is 3.21.